The summed E-state index contributed by atoms with van der Waals surface area (Å²) in [4.78, 5) is 10.4. The van der Waals surface area contributed by atoms with Gasteiger partial charge in [-0.05, 0) is 14.0 Å². The molecule has 0 saturated heterocycles. The van der Waals surface area contributed by atoms with Gasteiger partial charge in [0, 0.05) is 7.11 Å². The van der Waals surface area contributed by atoms with E-state index < -0.39 is 0 Å². The fourth-order valence-corrected chi connectivity index (χ4v) is 0.422. The van der Waals surface area contributed by atoms with Crippen LogP contribution in [0.3, 0.4) is 0 Å². The molecule has 0 atom stereocenters. The number of ketones is 1. The second-order valence-corrected chi connectivity index (χ2v) is 1.34. The van der Waals surface area contributed by atoms with E-state index in [1.54, 1.807) is 7.05 Å². The highest BCUT2D eigenvalue weighted by Gasteiger charge is 2.09. The lowest BCUT2D eigenvalue weighted by Crippen LogP contribution is -2.24. The number of hydrogen-bond acceptors (Lipinski definition) is 3. The molecule has 1 radical (unpaired) electrons. The molecular formula is C5H10NO2. The van der Waals surface area contributed by atoms with E-state index in [0.717, 1.165) is 0 Å². The molecule has 0 heterocycles. The fourth-order valence-electron chi connectivity index (χ4n) is 0.422. The van der Waals surface area contributed by atoms with Crippen LogP contribution in [0.5, 0.6) is 0 Å². The predicted octanol–water partition coefficient (Wildman–Crippen LogP) is -0.0693. The summed E-state index contributed by atoms with van der Waals surface area (Å²) in [6, 6.07) is 0. The van der Waals surface area contributed by atoms with Crippen LogP contribution in [0.25, 0.3) is 0 Å². The summed E-state index contributed by atoms with van der Waals surface area (Å²) in [6.45, 7) is 1.44. The third-order valence-corrected chi connectivity index (χ3v) is 0.751. The monoisotopic (exact) mass is 116 g/mol. The molecule has 0 aliphatic heterocycles. The normalized spacial score (nSPS) is 10.0. The maximum absolute atomic E-state index is 10.4. The third-order valence-electron chi connectivity index (χ3n) is 0.751. The van der Waals surface area contributed by atoms with Gasteiger partial charge in [0.1, 0.15) is 0 Å². The van der Waals surface area contributed by atoms with Gasteiger partial charge in [-0.15, -0.1) is 0 Å². The predicted molar refractivity (Wildman–Crippen MR) is 30.0 cm³/mol. The molecule has 0 bridgehead atoms. The number of ether oxygens (including phenoxy) is 1. The number of carbonyl (C=O) groups is 1. The Balaban J connectivity index is 3.52. The number of likely N-dealkylation sites (N-methyl/N-ethyl adjacent to an activating group) is 1. The molecule has 47 valence electrons. The maximum atomic E-state index is 10.4. The van der Waals surface area contributed by atoms with Gasteiger partial charge < -0.3 is 4.74 Å². The molecule has 3 heteroatoms. The van der Waals surface area contributed by atoms with E-state index in [9.17, 15) is 4.79 Å². The molecule has 0 aliphatic rings. The van der Waals surface area contributed by atoms with Crippen LogP contribution in [0, 0.1) is 6.23 Å². The molecule has 8 heavy (non-hydrogen) atoms. The maximum Gasteiger partial charge on any atom is 0.228 e. The van der Waals surface area contributed by atoms with Gasteiger partial charge in [0.2, 0.25) is 6.23 Å². The van der Waals surface area contributed by atoms with Crippen LogP contribution in [0.1, 0.15) is 6.92 Å². The van der Waals surface area contributed by atoms with E-state index in [2.05, 4.69) is 10.1 Å². The molecule has 0 amide bonds. The molecule has 0 aromatic carbocycles. The van der Waals surface area contributed by atoms with Crippen molar-refractivity contribution in [2.24, 2.45) is 0 Å². The van der Waals surface area contributed by atoms with Gasteiger partial charge in [-0.3, -0.25) is 10.1 Å². The number of Topliss-reactive ketones (excluding diaryl/α,β-unsaturated/α-hetero) is 1. The number of methoxy groups -OCH3 is 1. The molecule has 0 aliphatic carbocycles. The van der Waals surface area contributed by atoms with Crippen LogP contribution in [0.4, 0.5) is 0 Å². The molecule has 0 aromatic rings. The molecule has 0 fully saturated rings. The highest BCUT2D eigenvalue weighted by molar-refractivity contribution is 5.87. The van der Waals surface area contributed by atoms with Crippen molar-refractivity contribution in [3.8, 4) is 0 Å². The third kappa shape index (κ3) is 2.04. The number of rotatable bonds is 3. The molecule has 0 spiro atoms. The minimum atomic E-state index is -0.0880. The van der Waals surface area contributed by atoms with Crippen molar-refractivity contribution in [1.82, 2.24) is 5.32 Å². The van der Waals surface area contributed by atoms with Crippen LogP contribution in [-0.2, 0) is 9.53 Å². The van der Waals surface area contributed by atoms with E-state index in [1.165, 1.54) is 14.0 Å². The van der Waals surface area contributed by atoms with Crippen LogP contribution < -0.4 is 5.32 Å². The summed E-state index contributed by atoms with van der Waals surface area (Å²) in [5.74, 6) is -0.0880. The summed E-state index contributed by atoms with van der Waals surface area (Å²) >= 11 is 0. The standard InChI is InChI=1S/C5H10NO2/c1-4(7)5(6-2)8-3/h6H,1-3H3. The SMILES string of the molecule is CN[C](OC)C(C)=O. The molecular weight excluding hydrogens is 106 g/mol. The van der Waals surface area contributed by atoms with Crippen LogP contribution >= 0.6 is 0 Å². The number of carbonyl (C=O) groups excluding carboxylic acids is 1. The van der Waals surface area contributed by atoms with Gasteiger partial charge in [0.05, 0.1) is 0 Å². The molecule has 0 aromatic heterocycles. The Morgan fingerprint density at radius 1 is 1.62 bits per heavy atom. The minimum Gasteiger partial charge on any atom is -0.353 e. The first-order valence-corrected chi connectivity index (χ1v) is 2.32. The Morgan fingerprint density at radius 2 is 2.12 bits per heavy atom. The summed E-state index contributed by atoms with van der Waals surface area (Å²) in [6.07, 6.45) is 0.296. The van der Waals surface area contributed by atoms with Gasteiger partial charge >= 0.3 is 0 Å². The van der Waals surface area contributed by atoms with E-state index >= 15 is 0 Å². The second kappa shape index (κ2) is 3.57. The van der Waals surface area contributed by atoms with Gasteiger partial charge in [0.15, 0.2) is 5.78 Å². The fraction of sp³-hybridized carbons (Fsp3) is 0.600. The quantitative estimate of drug-likeness (QED) is 0.561. The highest BCUT2D eigenvalue weighted by Crippen LogP contribution is 1.92. The molecule has 1 N–H and O–H groups in total. The first-order chi connectivity index (χ1) is 3.72. The number of nitrogens with one attached hydrogen (secondary N) is 1. The van der Waals surface area contributed by atoms with Crippen molar-refractivity contribution in [3.63, 3.8) is 0 Å². The van der Waals surface area contributed by atoms with Crippen molar-refractivity contribution in [1.29, 1.82) is 0 Å². The molecule has 0 saturated carbocycles. The van der Waals surface area contributed by atoms with E-state index in [4.69, 9.17) is 0 Å². The average Bonchev–Trinajstić information content (AvgIpc) is 1.69. The van der Waals surface area contributed by atoms with E-state index in [1.807, 2.05) is 0 Å². The van der Waals surface area contributed by atoms with Gasteiger partial charge in [-0.2, -0.15) is 0 Å². The molecule has 0 rings (SSSR count). The zero-order chi connectivity index (χ0) is 6.57. The van der Waals surface area contributed by atoms with Gasteiger partial charge in [-0.1, -0.05) is 0 Å². The largest absolute Gasteiger partial charge is 0.353 e. The lowest BCUT2D eigenvalue weighted by Gasteiger charge is -2.05. The van der Waals surface area contributed by atoms with Crippen LogP contribution in [0.15, 0.2) is 0 Å². The van der Waals surface area contributed by atoms with Crippen molar-refractivity contribution in [2.75, 3.05) is 14.2 Å². The Kier molecular flexibility index (Phi) is 3.39. The van der Waals surface area contributed by atoms with Crippen LogP contribution in [0.2, 0.25) is 0 Å². The average molecular weight is 116 g/mol. The van der Waals surface area contributed by atoms with E-state index in [-0.39, 0.29) is 5.78 Å². The second-order valence-electron chi connectivity index (χ2n) is 1.34. The van der Waals surface area contributed by atoms with Crippen molar-refractivity contribution in [3.05, 3.63) is 6.23 Å². The first kappa shape index (κ1) is 7.59. The van der Waals surface area contributed by atoms with Crippen molar-refractivity contribution >= 4 is 5.78 Å². The van der Waals surface area contributed by atoms with Gasteiger partial charge in [-0.25, -0.2) is 0 Å². The Hall–Kier alpha value is -0.410. The lowest BCUT2D eigenvalue weighted by molar-refractivity contribution is -0.120. The van der Waals surface area contributed by atoms with Crippen molar-refractivity contribution in [2.45, 2.75) is 6.92 Å². The van der Waals surface area contributed by atoms with Gasteiger partial charge in [0.25, 0.3) is 0 Å². The Morgan fingerprint density at radius 3 is 2.12 bits per heavy atom. The highest BCUT2D eigenvalue weighted by atomic mass is 16.5. The van der Waals surface area contributed by atoms with Crippen LogP contribution in [-0.4, -0.2) is 19.9 Å². The number of hydrogen-bond donors (Lipinski definition) is 1. The zero-order valence-electron chi connectivity index (χ0n) is 5.32. The summed E-state index contributed by atoms with van der Waals surface area (Å²) in [5, 5.41) is 2.60. The molecule has 3 nitrogen and oxygen atoms in total. The van der Waals surface area contributed by atoms with E-state index in [0.29, 0.717) is 6.23 Å². The summed E-state index contributed by atoms with van der Waals surface area (Å²) in [7, 11) is 3.09. The smallest absolute Gasteiger partial charge is 0.228 e. The zero-order valence-corrected chi connectivity index (χ0v) is 5.32. The minimum absolute atomic E-state index is 0.0880. The lowest BCUT2D eigenvalue weighted by atomic mass is 10.4. The Bertz CT molecular complexity index is 78.5. The molecule has 0 unspecified atom stereocenters. The van der Waals surface area contributed by atoms with Crippen molar-refractivity contribution < 1.29 is 9.53 Å². The Labute approximate surface area is 49.0 Å². The topological polar surface area (TPSA) is 38.3 Å². The summed E-state index contributed by atoms with van der Waals surface area (Å²) < 4.78 is 4.62. The first-order valence-electron chi connectivity index (χ1n) is 2.32. The summed E-state index contributed by atoms with van der Waals surface area (Å²) in [5.41, 5.74) is 0.